The molecule has 158 valence electrons. The van der Waals surface area contributed by atoms with Crippen molar-refractivity contribution in [3.63, 3.8) is 0 Å². The van der Waals surface area contributed by atoms with Crippen molar-refractivity contribution in [2.45, 2.75) is 32.6 Å². The van der Waals surface area contributed by atoms with Crippen molar-refractivity contribution in [3.8, 4) is 0 Å². The number of rotatable bonds is 8. The molecule has 0 aromatic heterocycles. The second-order valence-corrected chi connectivity index (χ2v) is 7.35. The van der Waals surface area contributed by atoms with Crippen LogP contribution < -0.4 is 16.0 Å². The van der Waals surface area contributed by atoms with Crippen LogP contribution in [-0.2, 0) is 9.59 Å². The highest BCUT2D eigenvalue weighted by atomic mass is 16.2. The molecule has 0 spiro atoms. The average molecular weight is 409 g/mol. The number of nitrogens with zero attached hydrogens (tertiary/aromatic N) is 1. The van der Waals surface area contributed by atoms with Gasteiger partial charge in [0.1, 0.15) is 0 Å². The lowest BCUT2D eigenvalue weighted by atomic mass is 10.2. The predicted molar refractivity (Wildman–Crippen MR) is 119 cm³/mol. The largest absolute Gasteiger partial charge is 0.376 e. The number of amides is 3. The van der Waals surface area contributed by atoms with Gasteiger partial charge in [0.25, 0.3) is 5.91 Å². The maximum Gasteiger partial charge on any atom is 0.253 e. The zero-order valence-corrected chi connectivity index (χ0v) is 17.2. The fourth-order valence-electron chi connectivity index (χ4n) is 3.31. The van der Waals surface area contributed by atoms with Crippen molar-refractivity contribution >= 4 is 34.8 Å². The number of anilines is 3. The van der Waals surface area contributed by atoms with Crippen molar-refractivity contribution in [2.24, 2.45) is 0 Å². The molecule has 3 rings (SSSR count). The minimum atomic E-state index is -0.186. The number of benzene rings is 2. The van der Waals surface area contributed by atoms with Gasteiger partial charge in [-0.15, -0.1) is 0 Å². The summed E-state index contributed by atoms with van der Waals surface area (Å²) in [6.45, 7) is 3.69. The summed E-state index contributed by atoms with van der Waals surface area (Å²) >= 11 is 0. The molecule has 0 saturated carbocycles. The molecule has 7 heteroatoms. The number of carbonyl (C=O) groups excluding carboxylic acids is 3. The first-order chi connectivity index (χ1) is 14.5. The third-order valence-electron chi connectivity index (χ3n) is 4.91. The Bertz CT molecular complexity index is 872. The first kappa shape index (κ1) is 21.4. The zero-order valence-electron chi connectivity index (χ0n) is 17.2. The fraction of sp³-hybridized carbons (Fsp3) is 0.348. The van der Waals surface area contributed by atoms with Gasteiger partial charge in [-0.1, -0.05) is 6.92 Å². The summed E-state index contributed by atoms with van der Waals surface area (Å²) in [4.78, 5) is 38.0. The SMILES string of the molecule is CCCC(=O)Nc1ccc(NCC(=O)Nc2ccc(C(=O)N3CCCC3)cc2)cc1. The lowest BCUT2D eigenvalue weighted by Crippen LogP contribution is -2.27. The molecule has 0 unspecified atom stereocenters. The standard InChI is InChI=1S/C23H28N4O3/c1-2-5-21(28)25-20-12-10-18(11-13-20)24-16-22(29)26-19-8-6-17(7-9-19)23(30)27-14-3-4-15-27/h6-13,24H,2-5,14-16H2,1H3,(H,25,28)(H,26,29). The Morgan fingerprint density at radius 2 is 1.33 bits per heavy atom. The van der Waals surface area contributed by atoms with Gasteiger partial charge in [-0.05, 0) is 67.8 Å². The van der Waals surface area contributed by atoms with Gasteiger partial charge in [-0.2, -0.15) is 0 Å². The maximum atomic E-state index is 12.4. The molecule has 1 aliphatic heterocycles. The summed E-state index contributed by atoms with van der Waals surface area (Å²) in [6, 6.07) is 14.2. The Morgan fingerprint density at radius 3 is 1.93 bits per heavy atom. The van der Waals surface area contributed by atoms with Crippen LogP contribution in [0.15, 0.2) is 48.5 Å². The van der Waals surface area contributed by atoms with Gasteiger partial charge in [0, 0.05) is 42.1 Å². The van der Waals surface area contributed by atoms with E-state index in [1.807, 2.05) is 24.0 Å². The highest BCUT2D eigenvalue weighted by Crippen LogP contribution is 2.16. The van der Waals surface area contributed by atoms with Crippen LogP contribution >= 0.6 is 0 Å². The first-order valence-corrected chi connectivity index (χ1v) is 10.4. The van der Waals surface area contributed by atoms with Gasteiger partial charge < -0.3 is 20.9 Å². The minimum absolute atomic E-state index is 0.00858. The second kappa shape index (κ2) is 10.4. The summed E-state index contributed by atoms with van der Waals surface area (Å²) in [7, 11) is 0. The minimum Gasteiger partial charge on any atom is -0.376 e. The van der Waals surface area contributed by atoms with Crippen LogP contribution in [0.25, 0.3) is 0 Å². The molecule has 1 saturated heterocycles. The van der Waals surface area contributed by atoms with Gasteiger partial charge in [-0.25, -0.2) is 0 Å². The van der Waals surface area contributed by atoms with Gasteiger partial charge in [-0.3, -0.25) is 14.4 Å². The molecule has 0 radical (unpaired) electrons. The summed E-state index contributed by atoms with van der Waals surface area (Å²) in [5.74, 6) is -0.152. The summed E-state index contributed by atoms with van der Waals surface area (Å²) in [5, 5.41) is 8.69. The molecular formula is C23H28N4O3. The molecule has 0 atom stereocenters. The Labute approximate surface area is 176 Å². The van der Waals surface area contributed by atoms with Crippen molar-refractivity contribution < 1.29 is 14.4 Å². The molecule has 3 N–H and O–H groups in total. The third-order valence-corrected chi connectivity index (χ3v) is 4.91. The van der Waals surface area contributed by atoms with Gasteiger partial charge in [0.2, 0.25) is 11.8 Å². The van der Waals surface area contributed by atoms with Crippen molar-refractivity contribution in [1.29, 1.82) is 0 Å². The van der Waals surface area contributed by atoms with Crippen LogP contribution in [0, 0.1) is 0 Å². The van der Waals surface area contributed by atoms with E-state index in [0.29, 0.717) is 17.7 Å². The molecule has 2 aromatic carbocycles. The van der Waals surface area contributed by atoms with Gasteiger partial charge >= 0.3 is 0 Å². The number of likely N-dealkylation sites (tertiary alicyclic amines) is 1. The molecule has 1 heterocycles. The Hall–Kier alpha value is -3.35. The number of carbonyl (C=O) groups is 3. The molecule has 30 heavy (non-hydrogen) atoms. The van der Waals surface area contributed by atoms with E-state index in [0.717, 1.165) is 43.7 Å². The van der Waals surface area contributed by atoms with Crippen LogP contribution in [0.4, 0.5) is 17.1 Å². The molecule has 0 bridgehead atoms. The smallest absolute Gasteiger partial charge is 0.253 e. The van der Waals surface area contributed by atoms with E-state index in [1.165, 1.54) is 0 Å². The van der Waals surface area contributed by atoms with E-state index in [4.69, 9.17) is 0 Å². The summed E-state index contributed by atoms with van der Waals surface area (Å²) in [5.41, 5.74) is 2.80. The summed E-state index contributed by atoms with van der Waals surface area (Å²) in [6.07, 6.45) is 3.41. The molecule has 1 fully saturated rings. The highest BCUT2D eigenvalue weighted by molar-refractivity contribution is 5.97. The number of hydrogen-bond donors (Lipinski definition) is 3. The second-order valence-electron chi connectivity index (χ2n) is 7.35. The average Bonchev–Trinajstić information content (AvgIpc) is 3.28. The zero-order chi connectivity index (χ0) is 21.3. The first-order valence-electron chi connectivity index (χ1n) is 10.4. The number of nitrogens with one attached hydrogen (secondary N) is 3. The molecular weight excluding hydrogens is 380 g/mol. The lowest BCUT2D eigenvalue weighted by molar-refractivity contribution is -0.116. The van der Waals surface area contributed by atoms with Gasteiger partial charge in [0.15, 0.2) is 0 Å². The van der Waals surface area contributed by atoms with E-state index in [9.17, 15) is 14.4 Å². The van der Waals surface area contributed by atoms with Gasteiger partial charge in [0.05, 0.1) is 6.54 Å². The third kappa shape index (κ3) is 6.07. The van der Waals surface area contributed by atoms with E-state index in [1.54, 1.807) is 36.4 Å². The van der Waals surface area contributed by atoms with Crippen molar-refractivity contribution in [1.82, 2.24) is 4.90 Å². The quantitative estimate of drug-likeness (QED) is 0.621. The monoisotopic (exact) mass is 408 g/mol. The molecule has 1 aliphatic rings. The highest BCUT2D eigenvalue weighted by Gasteiger charge is 2.19. The molecule has 2 aromatic rings. The van der Waals surface area contributed by atoms with Crippen LogP contribution in [0.5, 0.6) is 0 Å². The molecule has 3 amide bonds. The number of hydrogen-bond acceptors (Lipinski definition) is 4. The molecule has 7 nitrogen and oxygen atoms in total. The predicted octanol–water partition coefficient (Wildman–Crippen LogP) is 3.71. The van der Waals surface area contributed by atoms with Crippen LogP contribution in [-0.4, -0.2) is 42.3 Å². The lowest BCUT2D eigenvalue weighted by Gasteiger charge is -2.15. The maximum absolute atomic E-state index is 12.4. The van der Waals surface area contributed by atoms with E-state index in [2.05, 4.69) is 16.0 Å². The van der Waals surface area contributed by atoms with Crippen LogP contribution in [0.2, 0.25) is 0 Å². The van der Waals surface area contributed by atoms with Crippen molar-refractivity contribution in [2.75, 3.05) is 35.6 Å². The fourth-order valence-corrected chi connectivity index (χ4v) is 3.31. The van der Waals surface area contributed by atoms with E-state index >= 15 is 0 Å². The van der Waals surface area contributed by atoms with Crippen LogP contribution in [0.3, 0.4) is 0 Å². The Morgan fingerprint density at radius 1 is 0.800 bits per heavy atom. The Kier molecular flexibility index (Phi) is 7.43. The summed E-state index contributed by atoms with van der Waals surface area (Å²) < 4.78 is 0. The van der Waals surface area contributed by atoms with Crippen LogP contribution in [0.1, 0.15) is 43.0 Å². The van der Waals surface area contributed by atoms with Crippen molar-refractivity contribution in [3.05, 3.63) is 54.1 Å². The van der Waals surface area contributed by atoms with E-state index in [-0.39, 0.29) is 24.3 Å². The Balaban J connectivity index is 1.45. The normalized spacial score (nSPS) is 13.0. The molecule has 0 aliphatic carbocycles. The van der Waals surface area contributed by atoms with E-state index < -0.39 is 0 Å². The topological polar surface area (TPSA) is 90.5 Å².